The molecule has 3 aliphatic rings. The molecule has 3 nitrogen and oxygen atoms in total. The van der Waals surface area contributed by atoms with Gasteiger partial charge < -0.3 is 4.43 Å². The summed E-state index contributed by atoms with van der Waals surface area (Å²) in [5, 5.41) is 0.206. The lowest BCUT2D eigenvalue weighted by Crippen LogP contribution is -2.45. The summed E-state index contributed by atoms with van der Waals surface area (Å²) < 4.78 is 33.5. The summed E-state index contributed by atoms with van der Waals surface area (Å²) >= 11 is 0. The molecule has 0 amide bonds. The molecule has 5 heteroatoms. The van der Waals surface area contributed by atoms with Gasteiger partial charge in [0, 0.05) is 11.0 Å². The molecule has 1 aromatic carbocycles. The Balaban J connectivity index is 1.65. The lowest BCUT2D eigenvalue weighted by Gasteiger charge is -2.40. The molecule has 0 heterocycles. The van der Waals surface area contributed by atoms with Crippen LogP contribution in [0.1, 0.15) is 59.3 Å². The SMILES string of the molecule is CC(C)(C)[Si](C)(C)OC1CCC23CCC(S(=O)(=O)c4ccccc4)=C2CCC13. The molecule has 154 valence electrons. The number of hydrogen-bond acceptors (Lipinski definition) is 3. The fourth-order valence-electron chi connectivity index (χ4n) is 5.63. The van der Waals surface area contributed by atoms with Gasteiger partial charge in [-0.25, -0.2) is 8.42 Å². The van der Waals surface area contributed by atoms with E-state index < -0.39 is 18.2 Å². The van der Waals surface area contributed by atoms with Gasteiger partial charge in [-0.1, -0.05) is 39.0 Å². The second-order valence-electron chi connectivity index (χ2n) is 10.5. The van der Waals surface area contributed by atoms with Crippen LogP contribution in [-0.2, 0) is 14.3 Å². The maximum Gasteiger partial charge on any atom is 0.202 e. The van der Waals surface area contributed by atoms with Gasteiger partial charge >= 0.3 is 0 Å². The highest BCUT2D eigenvalue weighted by Crippen LogP contribution is 2.66. The van der Waals surface area contributed by atoms with Gasteiger partial charge in [-0.05, 0) is 85.7 Å². The zero-order valence-corrected chi connectivity index (χ0v) is 19.7. The summed E-state index contributed by atoms with van der Waals surface area (Å²) in [6.45, 7) is 11.6. The highest BCUT2D eigenvalue weighted by Gasteiger charge is 2.59. The third kappa shape index (κ3) is 2.96. The first-order valence-corrected chi connectivity index (χ1v) is 15.1. The molecule has 1 spiro atoms. The molecular formula is C23H34O3SSi. The van der Waals surface area contributed by atoms with Crippen molar-refractivity contribution < 1.29 is 12.8 Å². The number of allylic oxidation sites excluding steroid dienone is 2. The average Bonchev–Trinajstić information content (AvgIpc) is 3.24. The summed E-state index contributed by atoms with van der Waals surface area (Å²) in [6.07, 6.45) is 6.20. The molecule has 0 saturated heterocycles. The standard InChI is InChI=1S/C23H34O3SSi/c1-22(2,3)28(4,5)26-20-13-15-23-16-14-21(19(23)12-11-18(20)23)27(24,25)17-9-7-6-8-10-17/h6-10,18,20H,11-16H2,1-5H3. The van der Waals surface area contributed by atoms with Crippen molar-refractivity contribution in [1.29, 1.82) is 0 Å². The van der Waals surface area contributed by atoms with Crippen molar-refractivity contribution in [1.82, 2.24) is 0 Å². The fourth-order valence-corrected chi connectivity index (χ4v) is 8.82. The normalized spacial score (nSPS) is 30.6. The average molecular weight is 419 g/mol. The first-order chi connectivity index (χ1) is 13.0. The van der Waals surface area contributed by atoms with Crippen LogP contribution >= 0.6 is 0 Å². The second-order valence-corrected chi connectivity index (χ2v) is 17.2. The highest BCUT2D eigenvalue weighted by atomic mass is 32.2. The summed E-state index contributed by atoms with van der Waals surface area (Å²) in [6, 6.07) is 8.98. The molecule has 3 unspecified atom stereocenters. The summed E-state index contributed by atoms with van der Waals surface area (Å²) in [7, 11) is -5.18. The van der Waals surface area contributed by atoms with Gasteiger partial charge in [0.05, 0.1) is 4.90 Å². The number of hydrogen-bond donors (Lipinski definition) is 0. The molecule has 0 aromatic heterocycles. The Kier molecular flexibility index (Phi) is 4.76. The van der Waals surface area contributed by atoms with Crippen LogP contribution in [0.2, 0.25) is 18.1 Å². The molecule has 2 saturated carbocycles. The van der Waals surface area contributed by atoms with E-state index in [0.717, 1.165) is 37.0 Å². The maximum atomic E-state index is 13.3. The third-order valence-corrected chi connectivity index (χ3v) is 14.6. The lowest BCUT2D eigenvalue weighted by molar-refractivity contribution is 0.112. The van der Waals surface area contributed by atoms with E-state index in [9.17, 15) is 8.42 Å². The van der Waals surface area contributed by atoms with Crippen molar-refractivity contribution in [2.45, 2.75) is 88.4 Å². The van der Waals surface area contributed by atoms with E-state index in [1.165, 1.54) is 5.57 Å². The Morgan fingerprint density at radius 3 is 2.36 bits per heavy atom. The van der Waals surface area contributed by atoms with Gasteiger partial charge in [-0.3, -0.25) is 0 Å². The number of benzene rings is 1. The van der Waals surface area contributed by atoms with Crippen molar-refractivity contribution in [3.63, 3.8) is 0 Å². The molecule has 3 aliphatic carbocycles. The minimum absolute atomic E-state index is 0.0875. The van der Waals surface area contributed by atoms with Gasteiger partial charge in [-0.2, -0.15) is 0 Å². The largest absolute Gasteiger partial charge is 0.414 e. The van der Waals surface area contributed by atoms with Crippen molar-refractivity contribution >= 4 is 18.2 Å². The van der Waals surface area contributed by atoms with E-state index >= 15 is 0 Å². The van der Waals surface area contributed by atoms with Gasteiger partial charge in [0.25, 0.3) is 0 Å². The van der Waals surface area contributed by atoms with Crippen LogP contribution in [0.25, 0.3) is 0 Å². The Morgan fingerprint density at radius 1 is 1.04 bits per heavy atom. The number of rotatable bonds is 4. The van der Waals surface area contributed by atoms with Crippen LogP contribution in [0.3, 0.4) is 0 Å². The molecule has 28 heavy (non-hydrogen) atoms. The molecule has 3 atom stereocenters. The van der Waals surface area contributed by atoms with Crippen LogP contribution in [0.15, 0.2) is 45.7 Å². The zero-order valence-electron chi connectivity index (χ0n) is 17.9. The minimum atomic E-state index is -3.37. The molecule has 0 N–H and O–H groups in total. The van der Waals surface area contributed by atoms with Gasteiger partial charge in [0.2, 0.25) is 9.84 Å². The van der Waals surface area contributed by atoms with Crippen LogP contribution in [0, 0.1) is 11.3 Å². The lowest BCUT2D eigenvalue weighted by atomic mass is 9.77. The topological polar surface area (TPSA) is 43.4 Å². The van der Waals surface area contributed by atoms with Crippen molar-refractivity contribution in [2.24, 2.45) is 11.3 Å². The Bertz CT molecular complexity index is 896. The fraction of sp³-hybridized carbons (Fsp3) is 0.652. The molecule has 2 fully saturated rings. The highest BCUT2D eigenvalue weighted by molar-refractivity contribution is 7.95. The van der Waals surface area contributed by atoms with E-state index in [-0.39, 0.29) is 10.5 Å². The summed E-state index contributed by atoms with van der Waals surface area (Å²) in [5.74, 6) is 0.500. The van der Waals surface area contributed by atoms with Gasteiger partial charge in [-0.15, -0.1) is 0 Å². The Hall–Kier alpha value is -0.913. The Morgan fingerprint density at radius 2 is 1.71 bits per heavy atom. The molecule has 0 bridgehead atoms. The van der Waals surface area contributed by atoms with Gasteiger partial charge in [0.15, 0.2) is 8.32 Å². The van der Waals surface area contributed by atoms with E-state index in [1.54, 1.807) is 12.1 Å². The second kappa shape index (κ2) is 6.54. The van der Waals surface area contributed by atoms with Crippen LogP contribution in [0.4, 0.5) is 0 Å². The van der Waals surface area contributed by atoms with Crippen molar-refractivity contribution in [3.8, 4) is 0 Å². The maximum absolute atomic E-state index is 13.3. The van der Waals surface area contributed by atoms with E-state index in [4.69, 9.17) is 4.43 Å². The van der Waals surface area contributed by atoms with Crippen LogP contribution < -0.4 is 0 Å². The first kappa shape index (κ1) is 20.4. The molecule has 4 rings (SSSR count). The predicted octanol–water partition coefficient (Wildman–Crippen LogP) is 6.09. The predicted molar refractivity (Wildman–Crippen MR) is 116 cm³/mol. The number of sulfone groups is 1. The molecular weight excluding hydrogens is 384 g/mol. The van der Waals surface area contributed by atoms with Crippen LogP contribution in [-0.4, -0.2) is 22.8 Å². The van der Waals surface area contributed by atoms with E-state index in [1.807, 2.05) is 18.2 Å². The molecule has 0 aliphatic heterocycles. The van der Waals surface area contributed by atoms with E-state index in [0.29, 0.717) is 23.3 Å². The minimum Gasteiger partial charge on any atom is -0.414 e. The summed E-state index contributed by atoms with van der Waals surface area (Å²) in [4.78, 5) is 1.18. The third-order valence-electron chi connectivity index (χ3n) is 8.10. The Labute approximate surface area is 171 Å². The van der Waals surface area contributed by atoms with Crippen molar-refractivity contribution in [3.05, 3.63) is 40.8 Å². The van der Waals surface area contributed by atoms with E-state index in [2.05, 4.69) is 33.9 Å². The van der Waals surface area contributed by atoms with Crippen molar-refractivity contribution in [2.75, 3.05) is 0 Å². The first-order valence-electron chi connectivity index (χ1n) is 10.7. The quantitative estimate of drug-likeness (QED) is 0.556. The smallest absolute Gasteiger partial charge is 0.202 e. The zero-order chi connectivity index (χ0) is 20.4. The van der Waals surface area contributed by atoms with Gasteiger partial charge in [0.1, 0.15) is 0 Å². The molecule has 1 aromatic rings. The van der Waals surface area contributed by atoms with Crippen LogP contribution in [0.5, 0.6) is 0 Å². The molecule has 0 radical (unpaired) electrons. The summed E-state index contributed by atoms with van der Waals surface area (Å²) in [5.41, 5.74) is 1.34. The monoisotopic (exact) mass is 418 g/mol.